The fourth-order valence-corrected chi connectivity index (χ4v) is 3.28. The highest BCUT2D eigenvalue weighted by atomic mass is 32.2. The number of carbonyl (C=O) groups excluding carboxylic acids is 2. The molecule has 0 unspecified atom stereocenters. The number of amides is 1. The smallest absolute Gasteiger partial charge is 0.326 e. The van der Waals surface area contributed by atoms with Gasteiger partial charge in [0, 0.05) is 0 Å². The zero-order chi connectivity index (χ0) is 17.5. The Kier molecular flexibility index (Phi) is 6.81. The number of hydrogen-bond acceptors (Lipinski definition) is 6. The van der Waals surface area contributed by atoms with Crippen LogP contribution in [0.15, 0.2) is 29.2 Å². The molecule has 0 aromatic heterocycles. The number of thiocarbonyl (C=S) groups is 1. The number of nitrogens with zero attached hydrogens (tertiary/aromatic N) is 1. The van der Waals surface area contributed by atoms with E-state index in [1.165, 1.54) is 16.7 Å². The highest BCUT2D eigenvalue weighted by Crippen LogP contribution is 2.32. The van der Waals surface area contributed by atoms with Gasteiger partial charge in [-0.25, -0.2) is 0 Å². The van der Waals surface area contributed by atoms with Crippen molar-refractivity contribution in [2.24, 2.45) is 0 Å². The molecule has 0 saturated carbocycles. The first-order valence-electron chi connectivity index (χ1n) is 7.60. The average molecular weight is 365 g/mol. The van der Waals surface area contributed by atoms with Crippen molar-refractivity contribution in [1.82, 2.24) is 4.90 Å². The maximum atomic E-state index is 12.5. The number of unbranched alkanes of at least 4 members (excludes halogenated alkanes) is 1. The number of esters is 1. The van der Waals surface area contributed by atoms with Gasteiger partial charge < -0.3 is 9.47 Å². The van der Waals surface area contributed by atoms with Crippen LogP contribution in [0.4, 0.5) is 0 Å². The molecule has 1 saturated heterocycles. The predicted molar refractivity (Wildman–Crippen MR) is 98.7 cm³/mol. The number of benzene rings is 1. The lowest BCUT2D eigenvalue weighted by Gasteiger charge is -2.13. The van der Waals surface area contributed by atoms with E-state index < -0.39 is 5.97 Å². The van der Waals surface area contributed by atoms with Crippen molar-refractivity contribution >= 4 is 46.3 Å². The summed E-state index contributed by atoms with van der Waals surface area (Å²) in [5.74, 6) is -0.0126. The van der Waals surface area contributed by atoms with Gasteiger partial charge in [-0.15, -0.1) is 0 Å². The number of carbonyl (C=O) groups is 2. The number of hydrogen-bond donors (Lipinski definition) is 0. The van der Waals surface area contributed by atoms with Crippen molar-refractivity contribution in [3.63, 3.8) is 0 Å². The minimum absolute atomic E-state index is 0.149. The molecule has 1 aromatic carbocycles. The molecule has 7 heteroatoms. The largest absolute Gasteiger partial charge is 0.497 e. The van der Waals surface area contributed by atoms with Gasteiger partial charge in [-0.3, -0.25) is 14.5 Å². The fourth-order valence-electron chi connectivity index (χ4n) is 2.02. The number of ether oxygens (including phenoxy) is 2. The number of rotatable bonds is 7. The van der Waals surface area contributed by atoms with Crippen molar-refractivity contribution in [3.8, 4) is 5.75 Å². The van der Waals surface area contributed by atoms with Crippen LogP contribution >= 0.6 is 24.0 Å². The Labute approximate surface area is 151 Å². The van der Waals surface area contributed by atoms with Crippen molar-refractivity contribution < 1.29 is 19.1 Å². The Morgan fingerprint density at radius 3 is 2.92 bits per heavy atom. The molecule has 0 aliphatic carbocycles. The van der Waals surface area contributed by atoms with Crippen molar-refractivity contribution in [2.45, 2.75) is 19.8 Å². The monoisotopic (exact) mass is 365 g/mol. The standard InChI is InChI=1S/C17H19NO4S2/c1-3-4-8-22-15(19)11-18-16(20)14(24-17(18)23)10-12-6-5-7-13(9-12)21-2/h5-7,9-10H,3-4,8,11H2,1-2H3/b14-10-. The van der Waals surface area contributed by atoms with Crippen molar-refractivity contribution in [1.29, 1.82) is 0 Å². The van der Waals surface area contributed by atoms with Crippen LogP contribution in [0, 0.1) is 0 Å². The molecule has 0 atom stereocenters. The summed E-state index contributed by atoms with van der Waals surface area (Å²) in [5.41, 5.74) is 0.834. The second-order valence-corrected chi connectivity index (χ2v) is 6.79. The molecule has 0 N–H and O–H groups in total. The molecule has 1 fully saturated rings. The lowest BCUT2D eigenvalue weighted by molar-refractivity contribution is -0.146. The van der Waals surface area contributed by atoms with Crippen LogP contribution in [0.5, 0.6) is 5.75 Å². The van der Waals surface area contributed by atoms with Crippen LogP contribution in [-0.4, -0.2) is 41.4 Å². The van der Waals surface area contributed by atoms with Gasteiger partial charge in [-0.2, -0.15) is 0 Å². The number of methoxy groups -OCH3 is 1. The SMILES string of the molecule is CCCCOC(=O)CN1C(=O)/C(=C/c2cccc(OC)c2)SC1=S. The summed E-state index contributed by atoms with van der Waals surface area (Å²) in [6, 6.07) is 7.37. The van der Waals surface area contributed by atoms with E-state index in [2.05, 4.69) is 0 Å². The van der Waals surface area contributed by atoms with Gasteiger partial charge in [-0.1, -0.05) is 49.5 Å². The van der Waals surface area contributed by atoms with Crippen LogP contribution in [-0.2, 0) is 14.3 Å². The topological polar surface area (TPSA) is 55.8 Å². The molecule has 1 aliphatic rings. The summed E-state index contributed by atoms with van der Waals surface area (Å²) in [6.45, 7) is 2.23. The van der Waals surface area contributed by atoms with Gasteiger partial charge in [0.1, 0.15) is 16.6 Å². The molecule has 0 bridgehead atoms. The van der Waals surface area contributed by atoms with E-state index in [0.29, 0.717) is 21.6 Å². The third kappa shape index (κ3) is 4.82. The molecule has 1 amide bonds. The molecule has 1 aromatic rings. The first-order chi connectivity index (χ1) is 11.5. The van der Waals surface area contributed by atoms with Gasteiger partial charge in [0.2, 0.25) is 0 Å². The van der Waals surface area contributed by atoms with E-state index in [4.69, 9.17) is 21.7 Å². The van der Waals surface area contributed by atoms with Crippen LogP contribution < -0.4 is 4.74 Å². The molecule has 0 spiro atoms. The molecular weight excluding hydrogens is 346 g/mol. The Bertz CT molecular complexity index is 672. The van der Waals surface area contributed by atoms with Gasteiger partial charge in [-0.05, 0) is 30.2 Å². The average Bonchev–Trinajstić information content (AvgIpc) is 2.83. The van der Waals surface area contributed by atoms with Crippen molar-refractivity contribution in [2.75, 3.05) is 20.3 Å². The Hall–Kier alpha value is -1.86. The summed E-state index contributed by atoms with van der Waals surface area (Å²) < 4.78 is 10.6. The van der Waals surface area contributed by atoms with Gasteiger partial charge in [0.15, 0.2) is 0 Å². The maximum absolute atomic E-state index is 12.5. The first kappa shape index (κ1) is 18.5. The van der Waals surface area contributed by atoms with Gasteiger partial charge >= 0.3 is 5.97 Å². The van der Waals surface area contributed by atoms with Gasteiger partial charge in [0.05, 0.1) is 18.6 Å². The van der Waals surface area contributed by atoms with E-state index in [1.54, 1.807) is 13.2 Å². The second kappa shape index (κ2) is 8.84. The molecule has 0 radical (unpaired) electrons. The highest BCUT2D eigenvalue weighted by molar-refractivity contribution is 8.26. The minimum Gasteiger partial charge on any atom is -0.497 e. The zero-order valence-electron chi connectivity index (χ0n) is 13.6. The molecule has 1 aliphatic heterocycles. The molecule has 2 rings (SSSR count). The maximum Gasteiger partial charge on any atom is 0.326 e. The lowest BCUT2D eigenvalue weighted by Crippen LogP contribution is -2.34. The van der Waals surface area contributed by atoms with Crippen LogP contribution in [0.25, 0.3) is 6.08 Å². The van der Waals surface area contributed by atoms with E-state index in [-0.39, 0.29) is 12.5 Å². The number of thioether (sulfide) groups is 1. The molecule has 128 valence electrons. The molecular formula is C17H19NO4S2. The summed E-state index contributed by atoms with van der Waals surface area (Å²) in [6.07, 6.45) is 3.49. The van der Waals surface area contributed by atoms with Crippen LogP contribution in [0.2, 0.25) is 0 Å². The molecule has 24 heavy (non-hydrogen) atoms. The first-order valence-corrected chi connectivity index (χ1v) is 8.82. The normalized spacial score (nSPS) is 15.9. The van der Waals surface area contributed by atoms with Crippen LogP contribution in [0.1, 0.15) is 25.3 Å². The van der Waals surface area contributed by atoms with Crippen molar-refractivity contribution in [3.05, 3.63) is 34.7 Å². The molecule has 1 heterocycles. The van der Waals surface area contributed by atoms with Crippen LogP contribution in [0.3, 0.4) is 0 Å². The lowest BCUT2D eigenvalue weighted by atomic mass is 10.2. The summed E-state index contributed by atoms with van der Waals surface area (Å²) in [5, 5.41) is 0. The second-order valence-electron chi connectivity index (χ2n) is 5.12. The van der Waals surface area contributed by atoms with E-state index >= 15 is 0 Å². The Balaban J connectivity index is 2.05. The minimum atomic E-state index is -0.442. The van der Waals surface area contributed by atoms with Gasteiger partial charge in [0.25, 0.3) is 5.91 Å². The summed E-state index contributed by atoms with van der Waals surface area (Å²) >= 11 is 6.39. The van der Waals surface area contributed by atoms with E-state index in [0.717, 1.165) is 18.4 Å². The third-order valence-electron chi connectivity index (χ3n) is 3.31. The Morgan fingerprint density at radius 1 is 1.42 bits per heavy atom. The van der Waals surface area contributed by atoms with E-state index in [1.807, 2.05) is 31.2 Å². The summed E-state index contributed by atoms with van der Waals surface area (Å²) in [4.78, 5) is 26.0. The Morgan fingerprint density at radius 2 is 2.21 bits per heavy atom. The summed E-state index contributed by atoms with van der Waals surface area (Å²) in [7, 11) is 1.59. The quantitative estimate of drug-likeness (QED) is 0.320. The third-order valence-corrected chi connectivity index (χ3v) is 4.69. The highest BCUT2D eigenvalue weighted by Gasteiger charge is 2.33. The predicted octanol–water partition coefficient (Wildman–Crippen LogP) is 3.24. The zero-order valence-corrected chi connectivity index (χ0v) is 15.2. The van der Waals surface area contributed by atoms with E-state index in [9.17, 15) is 9.59 Å². The molecule has 5 nitrogen and oxygen atoms in total. The fraction of sp³-hybridized carbons (Fsp3) is 0.353.